The first-order chi connectivity index (χ1) is 15.7. The Hall–Kier alpha value is -3.03. The third kappa shape index (κ3) is 3.85. The summed E-state index contributed by atoms with van der Waals surface area (Å²) in [5.74, 6) is -0.308. The number of fused-ring (bicyclic) bond motifs is 5. The summed E-state index contributed by atoms with van der Waals surface area (Å²) in [5, 5.41) is 10.2. The van der Waals surface area contributed by atoms with Gasteiger partial charge in [-0.15, -0.1) is 0 Å². The highest BCUT2D eigenvalue weighted by molar-refractivity contribution is 5.93. The first-order valence-electron chi connectivity index (χ1n) is 11.7. The van der Waals surface area contributed by atoms with Crippen LogP contribution in [0.4, 0.5) is 0 Å². The zero-order valence-electron chi connectivity index (χ0n) is 19.1. The highest BCUT2D eigenvalue weighted by Crippen LogP contribution is 2.44. The molecule has 1 saturated heterocycles. The molecule has 1 aliphatic carbocycles. The van der Waals surface area contributed by atoms with Crippen LogP contribution in [0.15, 0.2) is 15.3 Å². The summed E-state index contributed by atoms with van der Waals surface area (Å²) < 4.78 is 18.1. The molecule has 1 aromatic heterocycles. The van der Waals surface area contributed by atoms with Crippen molar-refractivity contribution in [3.8, 4) is 11.5 Å². The number of carbonyl (C=O) groups is 2. The van der Waals surface area contributed by atoms with Crippen LogP contribution < -0.4 is 15.1 Å². The quantitative estimate of drug-likeness (QED) is 0.706. The SMILES string of the molecule is CC1(C)CCc2c(cc(OCC(=O)N3CCCC3C(=O)O)c3c4c(c(=O)oc23)CCCC4)O1. The molecule has 1 aromatic carbocycles. The van der Waals surface area contributed by atoms with Gasteiger partial charge in [-0.2, -0.15) is 0 Å². The summed E-state index contributed by atoms with van der Waals surface area (Å²) in [5.41, 5.74) is 2.30. The van der Waals surface area contributed by atoms with Crippen LogP contribution in [0.3, 0.4) is 0 Å². The summed E-state index contributed by atoms with van der Waals surface area (Å²) in [6.07, 6.45) is 5.94. The highest BCUT2D eigenvalue weighted by atomic mass is 16.5. The van der Waals surface area contributed by atoms with Crippen molar-refractivity contribution in [3.63, 3.8) is 0 Å². The fraction of sp³-hybridized carbons (Fsp3) is 0.560. The summed E-state index contributed by atoms with van der Waals surface area (Å²) in [4.78, 5) is 38.5. The standard InChI is InChI=1S/C25H29NO7/c1-25(2)10-9-16-18(33-25)12-19(31-13-20(27)26-11-5-8-17(26)23(28)29)21-14-6-3-4-7-15(14)24(30)32-22(16)21/h12,17H,3-11,13H2,1-2H3,(H,28,29). The van der Waals surface area contributed by atoms with Gasteiger partial charge in [0, 0.05) is 23.7 Å². The van der Waals surface area contributed by atoms with Crippen LogP contribution in [-0.2, 0) is 28.9 Å². The summed E-state index contributed by atoms with van der Waals surface area (Å²) in [6, 6.07) is 0.996. The van der Waals surface area contributed by atoms with Crippen LogP contribution in [0.25, 0.3) is 11.0 Å². The van der Waals surface area contributed by atoms with Crippen molar-refractivity contribution in [2.75, 3.05) is 13.2 Å². The van der Waals surface area contributed by atoms with Gasteiger partial charge in [0.1, 0.15) is 28.7 Å². The van der Waals surface area contributed by atoms with E-state index in [2.05, 4.69) is 0 Å². The summed E-state index contributed by atoms with van der Waals surface area (Å²) >= 11 is 0. The van der Waals surface area contributed by atoms with Gasteiger partial charge < -0.3 is 23.9 Å². The number of likely N-dealkylation sites (tertiary alicyclic amines) is 1. The maximum atomic E-state index is 12.8. The number of amides is 1. The molecule has 5 rings (SSSR count). The Kier molecular flexibility index (Phi) is 5.34. The Labute approximate surface area is 191 Å². The van der Waals surface area contributed by atoms with E-state index < -0.39 is 12.0 Å². The Morgan fingerprint density at radius 1 is 1.15 bits per heavy atom. The number of hydrogen-bond acceptors (Lipinski definition) is 6. The van der Waals surface area contributed by atoms with Gasteiger partial charge in [-0.25, -0.2) is 9.59 Å². The molecular weight excluding hydrogens is 426 g/mol. The van der Waals surface area contributed by atoms with Gasteiger partial charge in [0.2, 0.25) is 0 Å². The van der Waals surface area contributed by atoms with E-state index in [1.165, 1.54) is 4.90 Å². The molecule has 2 aliphatic heterocycles. The molecule has 33 heavy (non-hydrogen) atoms. The molecule has 1 unspecified atom stereocenters. The van der Waals surface area contributed by atoms with Crippen LogP contribution in [-0.4, -0.2) is 46.7 Å². The number of carboxylic acids is 1. The predicted molar refractivity (Wildman–Crippen MR) is 120 cm³/mol. The van der Waals surface area contributed by atoms with E-state index in [-0.39, 0.29) is 23.7 Å². The molecule has 1 atom stereocenters. The minimum absolute atomic E-state index is 0.283. The zero-order valence-corrected chi connectivity index (χ0v) is 19.1. The lowest BCUT2D eigenvalue weighted by Gasteiger charge is -2.33. The van der Waals surface area contributed by atoms with Gasteiger partial charge in [-0.05, 0) is 70.8 Å². The fourth-order valence-electron chi connectivity index (χ4n) is 5.37. The number of benzene rings is 1. The molecule has 0 saturated carbocycles. The molecule has 3 aliphatic rings. The van der Waals surface area contributed by atoms with E-state index in [0.29, 0.717) is 54.9 Å². The van der Waals surface area contributed by atoms with Gasteiger partial charge in [0.05, 0.1) is 5.39 Å². The van der Waals surface area contributed by atoms with Crippen LogP contribution in [0.1, 0.15) is 62.6 Å². The molecule has 1 fully saturated rings. The lowest BCUT2D eigenvalue weighted by molar-refractivity contribution is -0.148. The van der Waals surface area contributed by atoms with Gasteiger partial charge in [0.25, 0.3) is 5.91 Å². The number of carboxylic acid groups (broad SMARTS) is 1. The lowest BCUT2D eigenvalue weighted by Crippen LogP contribution is -2.42. The second-order valence-electron chi connectivity index (χ2n) is 9.84. The van der Waals surface area contributed by atoms with E-state index in [1.54, 1.807) is 6.07 Å². The monoisotopic (exact) mass is 455 g/mol. The minimum atomic E-state index is -0.994. The Balaban J connectivity index is 1.57. The maximum Gasteiger partial charge on any atom is 0.339 e. The number of hydrogen-bond donors (Lipinski definition) is 1. The largest absolute Gasteiger partial charge is 0.487 e. The Morgan fingerprint density at radius 2 is 1.91 bits per heavy atom. The second kappa shape index (κ2) is 8.08. The van der Waals surface area contributed by atoms with Crippen molar-refractivity contribution in [1.29, 1.82) is 0 Å². The molecule has 0 bridgehead atoms. The topological polar surface area (TPSA) is 106 Å². The van der Waals surface area contributed by atoms with Crippen molar-refractivity contribution in [2.24, 2.45) is 0 Å². The molecular formula is C25H29NO7. The third-order valence-electron chi connectivity index (χ3n) is 7.09. The molecule has 1 amide bonds. The lowest BCUT2D eigenvalue weighted by atomic mass is 9.87. The second-order valence-corrected chi connectivity index (χ2v) is 9.84. The van der Waals surface area contributed by atoms with Crippen molar-refractivity contribution < 1.29 is 28.6 Å². The number of nitrogens with zero attached hydrogens (tertiary/aromatic N) is 1. The molecule has 8 heteroatoms. The molecule has 8 nitrogen and oxygen atoms in total. The van der Waals surface area contributed by atoms with Gasteiger partial charge >= 0.3 is 11.6 Å². The normalized spacial score (nSPS) is 21.3. The smallest absolute Gasteiger partial charge is 0.339 e. The summed E-state index contributed by atoms with van der Waals surface area (Å²) in [6.45, 7) is 4.14. The predicted octanol–water partition coefficient (Wildman–Crippen LogP) is 3.23. The number of carbonyl (C=O) groups excluding carboxylic acids is 1. The molecule has 1 N–H and O–H groups in total. The van der Waals surface area contributed by atoms with Crippen molar-refractivity contribution in [3.05, 3.63) is 33.2 Å². The summed E-state index contributed by atoms with van der Waals surface area (Å²) in [7, 11) is 0. The number of aryl methyl sites for hydroxylation is 2. The van der Waals surface area contributed by atoms with Crippen molar-refractivity contribution >= 4 is 22.8 Å². The van der Waals surface area contributed by atoms with E-state index >= 15 is 0 Å². The van der Waals surface area contributed by atoms with Gasteiger partial charge in [0.15, 0.2) is 6.61 Å². The van der Waals surface area contributed by atoms with E-state index in [4.69, 9.17) is 13.9 Å². The van der Waals surface area contributed by atoms with Gasteiger partial charge in [-0.3, -0.25) is 4.79 Å². The molecule has 0 radical (unpaired) electrons. The van der Waals surface area contributed by atoms with E-state index in [1.807, 2.05) is 13.8 Å². The van der Waals surface area contributed by atoms with Crippen molar-refractivity contribution in [1.82, 2.24) is 4.90 Å². The van der Waals surface area contributed by atoms with Crippen LogP contribution in [0.5, 0.6) is 11.5 Å². The van der Waals surface area contributed by atoms with Crippen molar-refractivity contribution in [2.45, 2.75) is 76.9 Å². The van der Waals surface area contributed by atoms with Crippen LogP contribution >= 0.6 is 0 Å². The first kappa shape index (κ1) is 21.8. The average Bonchev–Trinajstić information content (AvgIpc) is 3.27. The van der Waals surface area contributed by atoms with E-state index in [9.17, 15) is 19.5 Å². The van der Waals surface area contributed by atoms with Crippen LogP contribution in [0, 0.1) is 0 Å². The average molecular weight is 456 g/mol. The Bertz CT molecular complexity index is 1200. The maximum absolute atomic E-state index is 12.8. The molecule has 176 valence electrons. The zero-order chi connectivity index (χ0) is 23.3. The van der Waals surface area contributed by atoms with Crippen LogP contribution in [0.2, 0.25) is 0 Å². The highest BCUT2D eigenvalue weighted by Gasteiger charge is 2.35. The fourth-order valence-corrected chi connectivity index (χ4v) is 5.37. The molecule has 2 aromatic rings. The first-order valence-corrected chi connectivity index (χ1v) is 11.7. The number of aliphatic carboxylic acids is 1. The molecule has 0 spiro atoms. The van der Waals surface area contributed by atoms with E-state index in [0.717, 1.165) is 42.2 Å². The number of rotatable bonds is 4. The number of ether oxygens (including phenoxy) is 2. The minimum Gasteiger partial charge on any atom is -0.487 e. The molecule has 3 heterocycles. The van der Waals surface area contributed by atoms with Gasteiger partial charge in [-0.1, -0.05) is 0 Å². The Morgan fingerprint density at radius 3 is 2.67 bits per heavy atom. The third-order valence-corrected chi connectivity index (χ3v) is 7.09.